The predicted molar refractivity (Wildman–Crippen MR) is 118 cm³/mol. The highest BCUT2D eigenvalue weighted by Gasteiger charge is 2.26. The highest BCUT2D eigenvalue weighted by Crippen LogP contribution is 2.35. The number of halogens is 2. The molecule has 1 fully saturated rings. The quantitative estimate of drug-likeness (QED) is 0.728. The highest BCUT2D eigenvalue weighted by atomic mass is 32.2. The van der Waals surface area contributed by atoms with Gasteiger partial charge in [0.1, 0.15) is 17.4 Å². The Morgan fingerprint density at radius 3 is 2.47 bits per heavy atom. The van der Waals surface area contributed by atoms with Crippen LogP contribution in [0.5, 0.6) is 5.75 Å². The number of rotatable bonds is 5. The summed E-state index contributed by atoms with van der Waals surface area (Å²) in [6.07, 6.45) is 0.930. The fourth-order valence-corrected chi connectivity index (χ4v) is 4.42. The average Bonchev–Trinajstić information content (AvgIpc) is 2.95. The molecule has 1 aliphatic heterocycles. The van der Waals surface area contributed by atoms with Crippen molar-refractivity contribution in [3.63, 3.8) is 0 Å². The number of nitrogens with zero attached hydrogens (tertiary/aromatic N) is 2. The topological polar surface area (TPSA) is 79.0 Å². The minimum atomic E-state index is -3.57. The van der Waals surface area contributed by atoms with E-state index in [1.54, 1.807) is 19.1 Å². The van der Waals surface area contributed by atoms with E-state index >= 15 is 0 Å². The molecule has 0 spiro atoms. The number of hydrogen-bond acceptors (Lipinski definition) is 4. The van der Waals surface area contributed by atoms with Gasteiger partial charge in [-0.05, 0) is 50.5 Å². The molecular weight excluding hydrogens is 440 g/mol. The van der Waals surface area contributed by atoms with Gasteiger partial charge in [0, 0.05) is 38.8 Å². The van der Waals surface area contributed by atoms with E-state index < -0.39 is 27.9 Å². The van der Waals surface area contributed by atoms with Gasteiger partial charge in [0.05, 0.1) is 5.56 Å². The zero-order valence-corrected chi connectivity index (χ0v) is 19.1. The van der Waals surface area contributed by atoms with E-state index in [4.69, 9.17) is 4.74 Å². The van der Waals surface area contributed by atoms with Gasteiger partial charge in [-0.25, -0.2) is 13.6 Å². The molecule has 1 heterocycles. The third kappa shape index (κ3) is 5.62. The minimum Gasteiger partial charge on any atom is -0.410 e. The number of ether oxygens (including phenoxy) is 1. The zero-order chi connectivity index (χ0) is 23.5. The molecule has 2 aromatic rings. The van der Waals surface area contributed by atoms with Crippen molar-refractivity contribution in [3.05, 3.63) is 53.6 Å². The maximum atomic E-state index is 14.4. The van der Waals surface area contributed by atoms with E-state index in [1.807, 2.05) is 0 Å². The van der Waals surface area contributed by atoms with Crippen molar-refractivity contribution in [1.82, 2.24) is 13.9 Å². The van der Waals surface area contributed by atoms with E-state index in [0.717, 1.165) is 22.0 Å². The number of aryl methyl sites for hydroxylation is 1. The summed E-state index contributed by atoms with van der Waals surface area (Å²) in [4.78, 5) is 14.3. The first kappa shape index (κ1) is 24.1. The fraction of sp³-hybridized carbons (Fsp3) is 0.409. The highest BCUT2D eigenvalue weighted by molar-refractivity contribution is 7.87. The van der Waals surface area contributed by atoms with Gasteiger partial charge >= 0.3 is 6.09 Å². The van der Waals surface area contributed by atoms with Crippen molar-refractivity contribution in [2.45, 2.75) is 32.2 Å². The average molecular weight is 468 g/mol. The minimum absolute atomic E-state index is 0.0544. The van der Waals surface area contributed by atoms with Gasteiger partial charge in [-0.15, -0.1) is 0 Å². The molecule has 0 radical (unpaired) electrons. The third-order valence-electron chi connectivity index (χ3n) is 5.35. The van der Waals surface area contributed by atoms with Crippen molar-refractivity contribution in [2.24, 2.45) is 0 Å². The standard InChI is InChI=1S/C22H27F2N3O4S/c1-15-9-10-20(17(14-15)21-18(23)7-4-8-19(21)24)31-22(28)27-12-5-6-16(11-13-27)25-32(29,30)26(2)3/h4,7-10,14,16,25H,5-6,11-13H2,1-3H3/t16-/m0/s1. The number of carbonyl (C=O) groups excluding carboxylic acids is 1. The SMILES string of the molecule is Cc1ccc(OC(=O)N2CCC[C@H](NS(=O)(=O)N(C)C)CC2)c(-c2c(F)cccc2F)c1. The third-order valence-corrected chi connectivity index (χ3v) is 6.94. The Balaban J connectivity index is 1.76. The smallest absolute Gasteiger partial charge is 0.410 e. The van der Waals surface area contributed by atoms with Gasteiger partial charge in [0.2, 0.25) is 0 Å². The second-order valence-corrected chi connectivity index (χ2v) is 9.90. The Labute approximate surface area is 187 Å². The van der Waals surface area contributed by atoms with Crippen LogP contribution in [0.3, 0.4) is 0 Å². The Hall–Kier alpha value is -2.56. The number of likely N-dealkylation sites (tertiary alicyclic amines) is 1. The number of nitrogens with one attached hydrogen (secondary N) is 1. The number of amides is 1. The molecule has 0 unspecified atom stereocenters. The monoisotopic (exact) mass is 467 g/mol. The summed E-state index contributed by atoms with van der Waals surface area (Å²) in [6, 6.07) is 8.04. The van der Waals surface area contributed by atoms with Gasteiger partial charge in [0.15, 0.2) is 0 Å². The molecule has 1 saturated heterocycles. The van der Waals surface area contributed by atoms with Crippen LogP contribution in [0.2, 0.25) is 0 Å². The van der Waals surface area contributed by atoms with E-state index in [-0.39, 0.29) is 29.5 Å². The van der Waals surface area contributed by atoms with Crippen molar-refractivity contribution >= 4 is 16.3 Å². The maximum Gasteiger partial charge on any atom is 0.415 e. The summed E-state index contributed by atoms with van der Waals surface area (Å²) in [5.41, 5.74) is 0.654. The summed E-state index contributed by atoms with van der Waals surface area (Å²) >= 11 is 0. The summed E-state index contributed by atoms with van der Waals surface area (Å²) in [5, 5.41) is 0. The molecule has 10 heteroatoms. The lowest BCUT2D eigenvalue weighted by Gasteiger charge is -2.22. The van der Waals surface area contributed by atoms with Crippen LogP contribution in [0, 0.1) is 18.6 Å². The molecule has 1 atom stereocenters. The molecule has 0 bridgehead atoms. The number of hydrogen-bond donors (Lipinski definition) is 1. The fourth-order valence-electron chi connectivity index (χ4n) is 3.55. The lowest BCUT2D eigenvalue weighted by atomic mass is 10.0. The molecule has 32 heavy (non-hydrogen) atoms. The molecule has 2 aromatic carbocycles. The van der Waals surface area contributed by atoms with Crippen LogP contribution in [0.1, 0.15) is 24.8 Å². The van der Waals surface area contributed by atoms with Gasteiger partial charge in [-0.2, -0.15) is 17.4 Å². The largest absolute Gasteiger partial charge is 0.415 e. The van der Waals surface area contributed by atoms with Gasteiger partial charge in [0.25, 0.3) is 10.2 Å². The van der Waals surface area contributed by atoms with Gasteiger partial charge in [-0.1, -0.05) is 17.7 Å². The summed E-state index contributed by atoms with van der Waals surface area (Å²) in [5.74, 6) is -1.45. The number of carbonyl (C=O) groups is 1. The van der Waals surface area contributed by atoms with Crippen LogP contribution in [-0.2, 0) is 10.2 Å². The first-order valence-corrected chi connectivity index (χ1v) is 11.7. The molecule has 0 saturated carbocycles. The van der Waals surface area contributed by atoms with Crippen molar-refractivity contribution in [2.75, 3.05) is 27.2 Å². The van der Waals surface area contributed by atoms with Crippen LogP contribution in [-0.4, -0.2) is 56.9 Å². The van der Waals surface area contributed by atoms with Crippen LogP contribution >= 0.6 is 0 Å². The van der Waals surface area contributed by atoms with Crippen molar-refractivity contribution < 1.29 is 26.7 Å². The molecule has 174 valence electrons. The first-order valence-electron chi connectivity index (χ1n) is 10.3. The summed E-state index contributed by atoms with van der Waals surface area (Å²) in [7, 11) is -0.682. The summed E-state index contributed by atoms with van der Waals surface area (Å²) in [6.45, 7) is 2.44. The van der Waals surface area contributed by atoms with E-state index in [1.165, 1.54) is 31.1 Å². The number of benzene rings is 2. The maximum absolute atomic E-state index is 14.4. The normalized spacial score (nSPS) is 17.3. The van der Waals surface area contributed by atoms with Crippen molar-refractivity contribution in [3.8, 4) is 16.9 Å². The Morgan fingerprint density at radius 2 is 1.81 bits per heavy atom. The first-order chi connectivity index (χ1) is 15.1. The van der Waals surface area contributed by atoms with Crippen molar-refractivity contribution in [1.29, 1.82) is 0 Å². The molecule has 1 aliphatic rings. The van der Waals surface area contributed by atoms with Gasteiger partial charge < -0.3 is 9.64 Å². The molecule has 1 amide bonds. The molecule has 0 aromatic heterocycles. The molecule has 7 nitrogen and oxygen atoms in total. The second-order valence-electron chi connectivity index (χ2n) is 7.98. The lowest BCUT2D eigenvalue weighted by Crippen LogP contribution is -2.42. The lowest BCUT2D eigenvalue weighted by molar-refractivity contribution is 0.154. The molecule has 0 aliphatic carbocycles. The van der Waals surface area contributed by atoms with Crippen LogP contribution in [0.25, 0.3) is 11.1 Å². The molecular formula is C22H27F2N3O4S. The molecule has 3 rings (SSSR count). The van der Waals surface area contributed by atoms with E-state index in [0.29, 0.717) is 25.8 Å². The van der Waals surface area contributed by atoms with Crippen LogP contribution in [0.4, 0.5) is 13.6 Å². The van der Waals surface area contributed by atoms with E-state index in [9.17, 15) is 22.0 Å². The molecule has 1 N–H and O–H groups in total. The second kappa shape index (κ2) is 9.93. The van der Waals surface area contributed by atoms with Gasteiger partial charge in [-0.3, -0.25) is 0 Å². The Morgan fingerprint density at radius 1 is 1.12 bits per heavy atom. The van der Waals surface area contributed by atoms with Crippen LogP contribution < -0.4 is 9.46 Å². The van der Waals surface area contributed by atoms with E-state index in [2.05, 4.69) is 4.72 Å². The predicted octanol–water partition coefficient (Wildman–Crippen LogP) is 3.69. The Kier molecular flexibility index (Phi) is 7.47. The summed E-state index contributed by atoms with van der Waals surface area (Å²) < 4.78 is 62.2. The Bertz CT molecular complexity index is 1070. The zero-order valence-electron chi connectivity index (χ0n) is 18.3. The van der Waals surface area contributed by atoms with Crippen LogP contribution in [0.15, 0.2) is 36.4 Å².